The van der Waals surface area contributed by atoms with Gasteiger partial charge in [-0.2, -0.15) is 0 Å². The van der Waals surface area contributed by atoms with E-state index in [9.17, 15) is 14.4 Å². The number of carbonyl (C=O) groups is 3. The second-order valence-electron chi connectivity index (χ2n) is 3.24. The van der Waals surface area contributed by atoms with Crippen molar-refractivity contribution in [1.82, 2.24) is 0 Å². The molecule has 1 amide bonds. The molecule has 0 atom stereocenters. The van der Waals surface area contributed by atoms with E-state index in [2.05, 4.69) is 0 Å². The van der Waals surface area contributed by atoms with Crippen molar-refractivity contribution in [2.75, 3.05) is 11.8 Å². The van der Waals surface area contributed by atoms with Crippen LogP contribution in [0.5, 0.6) is 5.75 Å². The lowest BCUT2D eigenvalue weighted by Crippen LogP contribution is -2.17. The normalized spacial score (nSPS) is 9.89. The number of ketones is 1. The maximum atomic E-state index is 11.4. The second-order valence-corrected chi connectivity index (χ2v) is 3.77. The number of nitrogens with two attached hydrogens (primary N) is 1. The molecule has 0 saturated carbocycles. The van der Waals surface area contributed by atoms with Crippen LogP contribution in [0.25, 0.3) is 0 Å². The van der Waals surface area contributed by atoms with Crippen LogP contribution in [0.1, 0.15) is 20.7 Å². The van der Waals surface area contributed by atoms with Crippen LogP contribution < -0.4 is 10.5 Å². The summed E-state index contributed by atoms with van der Waals surface area (Å²) in [6.45, 7) is 0. The molecule has 96 valence electrons. The number of rotatable bonds is 5. The Morgan fingerprint density at radius 3 is 2.33 bits per heavy atom. The second kappa shape index (κ2) is 6.37. The molecular formula is C11H9Cl2NO4. The predicted molar refractivity (Wildman–Crippen MR) is 66.4 cm³/mol. The van der Waals surface area contributed by atoms with Crippen molar-refractivity contribution >= 4 is 40.9 Å². The quantitative estimate of drug-likeness (QED) is 0.384. The van der Waals surface area contributed by atoms with Crippen LogP contribution in [-0.4, -0.2) is 29.4 Å². The Hall–Kier alpha value is -1.59. The molecule has 0 radical (unpaired) electrons. The van der Waals surface area contributed by atoms with E-state index in [4.69, 9.17) is 33.7 Å². The fraction of sp³-hybridized carbons (Fsp3) is 0.182. The molecule has 5 nitrogen and oxygen atoms in total. The third-order valence-corrected chi connectivity index (χ3v) is 2.48. The zero-order valence-corrected chi connectivity index (χ0v) is 10.6. The highest BCUT2D eigenvalue weighted by Crippen LogP contribution is 2.20. The van der Waals surface area contributed by atoms with Crippen LogP contribution in [0, 0.1) is 0 Å². The van der Waals surface area contributed by atoms with Gasteiger partial charge in [-0.05, 0) is 18.2 Å². The van der Waals surface area contributed by atoms with E-state index in [1.807, 2.05) is 0 Å². The number of hydrogen-bond donors (Lipinski definition) is 1. The molecule has 0 aromatic heterocycles. The summed E-state index contributed by atoms with van der Waals surface area (Å²) in [7, 11) is 0. The first-order valence-corrected chi connectivity index (χ1v) is 5.86. The fourth-order valence-electron chi connectivity index (χ4n) is 1.21. The lowest BCUT2D eigenvalue weighted by atomic mass is 10.1. The predicted octanol–water partition coefficient (Wildman–Crippen LogP) is 1.35. The molecule has 0 fully saturated rings. The molecule has 1 aromatic carbocycles. The van der Waals surface area contributed by atoms with Crippen molar-refractivity contribution in [1.29, 1.82) is 0 Å². The van der Waals surface area contributed by atoms with Crippen molar-refractivity contribution in [3.05, 3.63) is 29.3 Å². The third-order valence-electron chi connectivity index (χ3n) is 2.02. The Kier molecular flexibility index (Phi) is 5.12. The van der Waals surface area contributed by atoms with Gasteiger partial charge in [0.15, 0.2) is 5.78 Å². The van der Waals surface area contributed by atoms with Crippen LogP contribution in [0.3, 0.4) is 0 Å². The third kappa shape index (κ3) is 3.45. The van der Waals surface area contributed by atoms with Gasteiger partial charge in [0.2, 0.25) is 0 Å². The first-order valence-electron chi connectivity index (χ1n) is 4.79. The Balaban J connectivity index is 3.16. The average Bonchev–Trinajstić information content (AvgIpc) is 2.37. The zero-order valence-electron chi connectivity index (χ0n) is 9.11. The first-order chi connectivity index (χ1) is 8.49. The van der Waals surface area contributed by atoms with Crippen LogP contribution in [0.2, 0.25) is 0 Å². The molecule has 2 N–H and O–H groups in total. The Morgan fingerprint density at radius 2 is 1.83 bits per heavy atom. The number of alkyl halides is 2. The Labute approximate surface area is 113 Å². The van der Waals surface area contributed by atoms with E-state index in [1.165, 1.54) is 18.2 Å². The van der Waals surface area contributed by atoms with Gasteiger partial charge in [-0.25, -0.2) is 0 Å². The van der Waals surface area contributed by atoms with E-state index in [0.717, 1.165) is 0 Å². The fourth-order valence-corrected chi connectivity index (χ4v) is 1.42. The number of ether oxygens (including phenoxy) is 1. The summed E-state index contributed by atoms with van der Waals surface area (Å²) in [4.78, 5) is 33.6. The average molecular weight is 290 g/mol. The molecule has 0 aliphatic carbocycles. The first kappa shape index (κ1) is 14.5. The van der Waals surface area contributed by atoms with Crippen molar-refractivity contribution in [3.63, 3.8) is 0 Å². The molecule has 0 bridgehead atoms. The van der Waals surface area contributed by atoms with Gasteiger partial charge in [-0.15, -0.1) is 23.2 Å². The highest BCUT2D eigenvalue weighted by atomic mass is 35.5. The number of hydrogen-bond acceptors (Lipinski definition) is 4. The molecule has 0 saturated heterocycles. The summed E-state index contributed by atoms with van der Waals surface area (Å²) < 4.78 is 4.81. The SMILES string of the molecule is NC(=O)c1cc(C(=O)CCl)ccc1OC(=O)CCl. The number of carbonyl (C=O) groups excluding carboxylic acids is 3. The molecule has 7 heteroatoms. The van der Waals surface area contributed by atoms with Crippen LogP contribution in [0.15, 0.2) is 18.2 Å². The van der Waals surface area contributed by atoms with Gasteiger partial charge in [0.05, 0.1) is 11.4 Å². The minimum absolute atomic E-state index is 0.0423. The van der Waals surface area contributed by atoms with Gasteiger partial charge in [-0.1, -0.05) is 0 Å². The maximum absolute atomic E-state index is 11.4. The smallest absolute Gasteiger partial charge is 0.326 e. The highest BCUT2D eigenvalue weighted by molar-refractivity contribution is 6.30. The minimum atomic E-state index is -0.823. The zero-order chi connectivity index (χ0) is 13.7. The van der Waals surface area contributed by atoms with Gasteiger partial charge >= 0.3 is 5.97 Å². The maximum Gasteiger partial charge on any atom is 0.326 e. The molecular weight excluding hydrogens is 281 g/mol. The van der Waals surface area contributed by atoms with E-state index in [0.29, 0.717) is 0 Å². The van der Waals surface area contributed by atoms with Crippen molar-refractivity contribution in [2.45, 2.75) is 0 Å². The van der Waals surface area contributed by atoms with Gasteiger partial charge in [0.25, 0.3) is 5.91 Å². The van der Waals surface area contributed by atoms with Crippen LogP contribution in [0.4, 0.5) is 0 Å². The van der Waals surface area contributed by atoms with Crippen molar-refractivity contribution in [2.24, 2.45) is 5.73 Å². The monoisotopic (exact) mass is 289 g/mol. The molecule has 0 aliphatic rings. The number of primary amides is 1. The van der Waals surface area contributed by atoms with Crippen LogP contribution in [-0.2, 0) is 4.79 Å². The number of esters is 1. The molecule has 1 aromatic rings. The Bertz CT molecular complexity index is 502. The largest absolute Gasteiger partial charge is 0.425 e. The summed E-state index contributed by atoms with van der Waals surface area (Å²) in [5.41, 5.74) is 5.27. The minimum Gasteiger partial charge on any atom is -0.425 e. The van der Waals surface area contributed by atoms with Gasteiger partial charge in [0.1, 0.15) is 11.6 Å². The number of benzene rings is 1. The van der Waals surface area contributed by atoms with E-state index < -0.39 is 11.9 Å². The van der Waals surface area contributed by atoms with E-state index in [-0.39, 0.29) is 34.4 Å². The van der Waals surface area contributed by atoms with Gasteiger partial charge < -0.3 is 10.5 Å². The molecule has 1 rings (SSSR count). The summed E-state index contributed by atoms with van der Waals surface area (Å²) in [5, 5.41) is 0. The number of halogens is 2. The summed E-state index contributed by atoms with van der Waals surface area (Å²) in [6.07, 6.45) is 0. The summed E-state index contributed by atoms with van der Waals surface area (Å²) in [5.74, 6) is -2.54. The van der Waals surface area contributed by atoms with Crippen molar-refractivity contribution in [3.8, 4) is 5.75 Å². The van der Waals surface area contributed by atoms with Gasteiger partial charge in [-0.3, -0.25) is 14.4 Å². The number of amides is 1. The lowest BCUT2D eigenvalue weighted by Gasteiger charge is -2.08. The van der Waals surface area contributed by atoms with Gasteiger partial charge in [0, 0.05) is 5.56 Å². The van der Waals surface area contributed by atoms with Crippen LogP contribution >= 0.6 is 23.2 Å². The topological polar surface area (TPSA) is 86.5 Å². The molecule has 18 heavy (non-hydrogen) atoms. The molecule has 0 unspecified atom stereocenters. The molecule has 0 spiro atoms. The lowest BCUT2D eigenvalue weighted by molar-refractivity contribution is -0.131. The highest BCUT2D eigenvalue weighted by Gasteiger charge is 2.15. The standard InChI is InChI=1S/C11H9Cl2NO4/c12-4-8(15)6-1-2-9(18-10(16)5-13)7(3-6)11(14)17/h1-3H,4-5H2,(H2,14,17). The summed E-state index contributed by atoms with van der Waals surface area (Å²) in [6, 6.07) is 3.90. The molecule has 0 aliphatic heterocycles. The number of Topliss-reactive ketones (excluding diaryl/α,β-unsaturated/α-hetero) is 1. The summed E-state index contributed by atoms with van der Waals surface area (Å²) >= 11 is 10.7. The van der Waals surface area contributed by atoms with E-state index >= 15 is 0 Å². The van der Waals surface area contributed by atoms with E-state index in [1.54, 1.807) is 0 Å². The Morgan fingerprint density at radius 1 is 1.17 bits per heavy atom. The van der Waals surface area contributed by atoms with Crippen molar-refractivity contribution < 1.29 is 19.1 Å². The molecule has 0 heterocycles.